The molecule has 0 amide bonds. The van der Waals surface area contributed by atoms with E-state index in [1.807, 2.05) is 6.92 Å². The number of hydrogen-bond donors (Lipinski definition) is 1. The van der Waals surface area contributed by atoms with Crippen molar-refractivity contribution in [2.24, 2.45) is 0 Å². The third-order valence-electron chi connectivity index (χ3n) is 1.62. The predicted molar refractivity (Wildman–Crippen MR) is 42.0 cm³/mol. The molecule has 0 bridgehead atoms. The van der Waals surface area contributed by atoms with Crippen molar-refractivity contribution in [2.45, 2.75) is 19.4 Å². The summed E-state index contributed by atoms with van der Waals surface area (Å²) < 4.78 is 5.20. The summed E-state index contributed by atoms with van der Waals surface area (Å²) in [6, 6.07) is 0.566. The van der Waals surface area contributed by atoms with E-state index in [0.717, 1.165) is 26.2 Å². The molecular weight excluding hydrogens is 126 g/mol. The Kier molecular flexibility index (Phi) is 2.90. The van der Waals surface area contributed by atoms with Gasteiger partial charge in [-0.2, -0.15) is 0 Å². The van der Waals surface area contributed by atoms with E-state index in [2.05, 4.69) is 11.9 Å². The third-order valence-corrected chi connectivity index (χ3v) is 1.62. The van der Waals surface area contributed by atoms with Gasteiger partial charge in [-0.15, -0.1) is 0 Å². The van der Waals surface area contributed by atoms with E-state index in [9.17, 15) is 0 Å². The Bertz CT molecular complexity index is 116. The second-order valence-corrected chi connectivity index (χ2v) is 2.90. The van der Waals surface area contributed by atoms with Crippen molar-refractivity contribution in [1.29, 1.82) is 0 Å². The van der Waals surface area contributed by atoms with Crippen LogP contribution >= 0.6 is 0 Å². The molecule has 0 spiro atoms. The summed E-state index contributed by atoms with van der Waals surface area (Å²) in [6.07, 6.45) is 1.15. The van der Waals surface area contributed by atoms with Crippen LogP contribution in [0.25, 0.3) is 0 Å². The molecule has 10 heavy (non-hydrogen) atoms. The summed E-state index contributed by atoms with van der Waals surface area (Å²) in [4.78, 5) is 0. The van der Waals surface area contributed by atoms with Gasteiger partial charge in [-0.05, 0) is 13.3 Å². The fourth-order valence-electron chi connectivity index (χ4n) is 1.01. The number of hydrogen-bond acceptors (Lipinski definition) is 2. The summed E-state index contributed by atoms with van der Waals surface area (Å²) in [5.74, 6) is 0. The fraction of sp³-hybridized carbons (Fsp3) is 0.750. The van der Waals surface area contributed by atoms with E-state index in [4.69, 9.17) is 4.74 Å². The highest BCUT2D eigenvalue weighted by atomic mass is 16.5. The molecule has 0 aromatic carbocycles. The lowest BCUT2D eigenvalue weighted by Crippen LogP contribution is -2.30. The Morgan fingerprint density at radius 1 is 1.80 bits per heavy atom. The van der Waals surface area contributed by atoms with Crippen LogP contribution in [-0.4, -0.2) is 25.8 Å². The third kappa shape index (κ3) is 2.50. The normalized spacial score (nSPS) is 25.1. The predicted octanol–water partition coefficient (Wildman–Crippen LogP) is 0.941. The molecule has 1 heterocycles. The van der Waals surface area contributed by atoms with Gasteiger partial charge in [0.25, 0.3) is 0 Å². The van der Waals surface area contributed by atoms with Gasteiger partial charge >= 0.3 is 0 Å². The van der Waals surface area contributed by atoms with Gasteiger partial charge in [0, 0.05) is 19.2 Å². The first-order valence-corrected chi connectivity index (χ1v) is 3.74. The first-order valence-electron chi connectivity index (χ1n) is 3.74. The molecule has 1 atom stereocenters. The van der Waals surface area contributed by atoms with Gasteiger partial charge in [-0.1, -0.05) is 12.2 Å². The summed E-state index contributed by atoms with van der Waals surface area (Å²) >= 11 is 0. The minimum Gasteiger partial charge on any atom is -0.380 e. The summed E-state index contributed by atoms with van der Waals surface area (Å²) in [6.45, 7) is 8.55. The Hall–Kier alpha value is -0.340. The van der Waals surface area contributed by atoms with E-state index in [1.165, 1.54) is 5.57 Å². The molecule has 0 saturated carbocycles. The molecule has 1 rings (SSSR count). The second-order valence-electron chi connectivity index (χ2n) is 2.90. The quantitative estimate of drug-likeness (QED) is 0.591. The zero-order valence-electron chi connectivity index (χ0n) is 6.52. The zero-order valence-corrected chi connectivity index (χ0v) is 6.52. The maximum atomic E-state index is 5.20. The molecular formula is C8H15NO. The van der Waals surface area contributed by atoms with Crippen LogP contribution in [0.2, 0.25) is 0 Å². The van der Waals surface area contributed by atoms with E-state index in [1.54, 1.807) is 0 Å². The number of rotatable bonds is 3. The largest absolute Gasteiger partial charge is 0.380 e. The lowest BCUT2D eigenvalue weighted by Gasteiger charge is -2.08. The number of ether oxygens (including phenoxy) is 1. The van der Waals surface area contributed by atoms with Crippen molar-refractivity contribution in [3.05, 3.63) is 12.2 Å². The van der Waals surface area contributed by atoms with Gasteiger partial charge in [0.2, 0.25) is 0 Å². The lowest BCUT2D eigenvalue weighted by molar-refractivity contribution is 0.190. The topological polar surface area (TPSA) is 21.3 Å². The highest BCUT2D eigenvalue weighted by Gasteiger charge is 2.13. The molecule has 2 heteroatoms. The van der Waals surface area contributed by atoms with E-state index >= 15 is 0 Å². The van der Waals surface area contributed by atoms with Gasteiger partial charge < -0.3 is 10.1 Å². The van der Waals surface area contributed by atoms with Gasteiger partial charge in [-0.3, -0.25) is 0 Å². The minimum absolute atomic E-state index is 0.566. The van der Waals surface area contributed by atoms with E-state index in [-0.39, 0.29) is 0 Å². The Morgan fingerprint density at radius 2 is 2.60 bits per heavy atom. The van der Waals surface area contributed by atoms with Crippen LogP contribution in [0.15, 0.2) is 12.2 Å². The molecule has 1 aliphatic heterocycles. The first kappa shape index (κ1) is 7.76. The first-order chi connectivity index (χ1) is 4.79. The summed E-state index contributed by atoms with van der Waals surface area (Å²) in [7, 11) is 0. The molecule has 1 N–H and O–H groups in total. The molecule has 2 nitrogen and oxygen atoms in total. The highest BCUT2D eigenvalue weighted by Crippen LogP contribution is 2.02. The molecule has 58 valence electrons. The van der Waals surface area contributed by atoms with Crippen molar-refractivity contribution >= 4 is 0 Å². The molecule has 1 fully saturated rings. The lowest BCUT2D eigenvalue weighted by atomic mass is 10.2. The molecule has 1 unspecified atom stereocenters. The van der Waals surface area contributed by atoms with Gasteiger partial charge in [0.15, 0.2) is 0 Å². The van der Waals surface area contributed by atoms with Gasteiger partial charge in [-0.25, -0.2) is 0 Å². The standard InChI is InChI=1S/C8H15NO/c1-7(2)5-9-8-3-4-10-6-8/h8-9H,1,3-6H2,2H3. The monoisotopic (exact) mass is 141 g/mol. The van der Waals surface area contributed by atoms with Crippen LogP contribution < -0.4 is 5.32 Å². The van der Waals surface area contributed by atoms with Crippen molar-refractivity contribution in [2.75, 3.05) is 19.8 Å². The average Bonchev–Trinajstić information content (AvgIpc) is 2.34. The van der Waals surface area contributed by atoms with Crippen LogP contribution in [0, 0.1) is 0 Å². The molecule has 0 aliphatic carbocycles. The number of nitrogens with one attached hydrogen (secondary N) is 1. The molecule has 0 radical (unpaired) electrons. The average molecular weight is 141 g/mol. The van der Waals surface area contributed by atoms with Gasteiger partial charge in [0.05, 0.1) is 6.61 Å². The van der Waals surface area contributed by atoms with Gasteiger partial charge in [0.1, 0.15) is 0 Å². The molecule has 0 aromatic heterocycles. The van der Waals surface area contributed by atoms with Crippen LogP contribution in [0.5, 0.6) is 0 Å². The van der Waals surface area contributed by atoms with E-state index < -0.39 is 0 Å². The van der Waals surface area contributed by atoms with Crippen LogP contribution in [0.4, 0.5) is 0 Å². The highest BCUT2D eigenvalue weighted by molar-refractivity contribution is 4.92. The minimum atomic E-state index is 0.566. The Morgan fingerprint density at radius 3 is 3.10 bits per heavy atom. The van der Waals surface area contributed by atoms with Crippen molar-refractivity contribution in [3.8, 4) is 0 Å². The Balaban J connectivity index is 2.07. The summed E-state index contributed by atoms with van der Waals surface area (Å²) in [5.41, 5.74) is 1.19. The summed E-state index contributed by atoms with van der Waals surface area (Å²) in [5, 5.41) is 3.36. The van der Waals surface area contributed by atoms with E-state index in [0.29, 0.717) is 6.04 Å². The smallest absolute Gasteiger partial charge is 0.0620 e. The molecule has 1 aliphatic rings. The van der Waals surface area contributed by atoms with Crippen LogP contribution in [0.3, 0.4) is 0 Å². The van der Waals surface area contributed by atoms with Crippen molar-refractivity contribution in [1.82, 2.24) is 5.32 Å². The fourth-order valence-corrected chi connectivity index (χ4v) is 1.01. The molecule has 0 aromatic rings. The maximum Gasteiger partial charge on any atom is 0.0620 e. The Labute approximate surface area is 62.3 Å². The molecule has 1 saturated heterocycles. The SMILES string of the molecule is C=C(C)CNC1CCOC1. The zero-order chi connectivity index (χ0) is 7.40. The van der Waals surface area contributed by atoms with Crippen molar-refractivity contribution < 1.29 is 4.74 Å². The second kappa shape index (κ2) is 3.74. The van der Waals surface area contributed by atoms with Crippen LogP contribution in [-0.2, 0) is 4.74 Å². The maximum absolute atomic E-state index is 5.20. The van der Waals surface area contributed by atoms with Crippen LogP contribution in [0.1, 0.15) is 13.3 Å². The van der Waals surface area contributed by atoms with Crippen molar-refractivity contribution in [3.63, 3.8) is 0 Å².